The number of esters is 1. The van der Waals surface area contributed by atoms with Gasteiger partial charge >= 0.3 is 13.8 Å². The first-order chi connectivity index (χ1) is 23.7. The average molecular weight is 714 g/mol. The molecule has 3 aromatic rings. The highest BCUT2D eigenvalue weighted by Gasteiger charge is 2.41. The van der Waals surface area contributed by atoms with E-state index in [1.807, 2.05) is 60.7 Å². The van der Waals surface area contributed by atoms with Gasteiger partial charge in [0.05, 0.1) is 43.8 Å². The Bertz CT molecular complexity index is 1560. The Morgan fingerprint density at radius 2 is 1.59 bits per heavy atom. The number of likely N-dealkylation sites (tertiary alicyclic amines) is 1. The molecule has 0 unspecified atom stereocenters. The molecule has 0 saturated carbocycles. The van der Waals surface area contributed by atoms with E-state index >= 15 is 0 Å². The van der Waals surface area contributed by atoms with Crippen LogP contribution < -0.4 is 16.4 Å². The molecule has 0 aliphatic carbocycles. The number of rotatable bonds is 18. The van der Waals surface area contributed by atoms with Crippen LogP contribution in [0.25, 0.3) is 0 Å². The maximum atomic E-state index is 14.4. The molecule has 2 atom stereocenters. The first kappa shape index (κ1) is 37.7. The Labute approximate surface area is 290 Å². The topological polar surface area (TPSA) is 171 Å². The zero-order valence-corrected chi connectivity index (χ0v) is 29.6. The van der Waals surface area contributed by atoms with Crippen molar-refractivity contribution in [3.8, 4) is 0 Å². The third-order valence-electron chi connectivity index (χ3n) is 7.69. The molecule has 1 aromatic heterocycles. The van der Waals surface area contributed by atoms with Crippen molar-refractivity contribution in [3.63, 3.8) is 0 Å². The van der Waals surface area contributed by atoms with Gasteiger partial charge in [0.25, 0.3) is 0 Å². The maximum Gasteiger partial charge on any atom is 0.550 e. The molecule has 0 bridgehead atoms. The smallest absolute Gasteiger partial charge is 0.465 e. The van der Waals surface area contributed by atoms with Crippen molar-refractivity contribution in [1.29, 1.82) is 0 Å². The van der Waals surface area contributed by atoms with E-state index in [2.05, 4.69) is 15.8 Å². The van der Waals surface area contributed by atoms with Gasteiger partial charge in [-0.15, -0.1) is 11.3 Å². The van der Waals surface area contributed by atoms with Crippen molar-refractivity contribution in [2.75, 3.05) is 32.9 Å². The fourth-order valence-electron chi connectivity index (χ4n) is 5.58. The van der Waals surface area contributed by atoms with Gasteiger partial charge in [0, 0.05) is 17.3 Å². The Morgan fingerprint density at radius 1 is 0.959 bits per heavy atom. The molecule has 2 aromatic carbocycles. The van der Waals surface area contributed by atoms with Gasteiger partial charge in [0.1, 0.15) is 6.04 Å². The van der Waals surface area contributed by atoms with Gasteiger partial charge in [-0.1, -0.05) is 65.8 Å². The quantitative estimate of drug-likeness (QED) is 0.0560. The highest BCUT2D eigenvalue weighted by molar-refractivity contribution is 7.48. The number of carbonyl (C=O) groups is 3. The molecular formula is C34H44N5O8PS. The number of nitrogens with zero attached hydrogens (tertiary/aromatic N) is 2. The van der Waals surface area contributed by atoms with Gasteiger partial charge < -0.3 is 20.7 Å². The minimum atomic E-state index is -3.88. The lowest BCUT2D eigenvalue weighted by molar-refractivity contribution is -0.143. The minimum absolute atomic E-state index is 0.0254. The standard InChI is InChI=1S/C34H44N5O8PS/c1-4-44-29(40)23-36-31(30(24-14-9-7-10-15-24)25-16-11-8-12-17-25)34(42)39-21-13-18-27(39)33(41)37-22-26-19-20-28(49-26)32(35)38-47-48(43,45-5-2)46-6-3/h7-12,14-17,19-20,27,30-31,36H,4-6,13,18,21-23H2,1-3H3,(H2,35,38)(H,37,41)/t27-,31+/m0/s1. The molecule has 264 valence electrons. The maximum absolute atomic E-state index is 14.4. The summed E-state index contributed by atoms with van der Waals surface area (Å²) in [5.41, 5.74) is 7.83. The predicted molar refractivity (Wildman–Crippen MR) is 187 cm³/mol. The second-order valence-electron chi connectivity index (χ2n) is 11.0. The normalized spacial score (nSPS) is 15.6. The number of nitrogens with two attached hydrogens (primary N) is 1. The summed E-state index contributed by atoms with van der Waals surface area (Å²) in [5.74, 6) is -1.51. The zero-order valence-electron chi connectivity index (χ0n) is 27.9. The number of oxime groups is 1. The monoisotopic (exact) mass is 713 g/mol. The molecule has 0 spiro atoms. The number of carbonyl (C=O) groups excluding carboxylic acids is 3. The van der Waals surface area contributed by atoms with Crippen molar-refractivity contribution in [1.82, 2.24) is 15.5 Å². The van der Waals surface area contributed by atoms with E-state index in [1.54, 1.807) is 37.8 Å². The van der Waals surface area contributed by atoms with E-state index in [0.29, 0.717) is 24.3 Å². The van der Waals surface area contributed by atoms with E-state index < -0.39 is 31.8 Å². The van der Waals surface area contributed by atoms with E-state index in [4.69, 9.17) is 24.1 Å². The summed E-state index contributed by atoms with van der Waals surface area (Å²) in [6.07, 6.45) is 1.15. The van der Waals surface area contributed by atoms with Gasteiger partial charge in [-0.3, -0.25) is 33.4 Å². The summed E-state index contributed by atoms with van der Waals surface area (Å²) in [7, 11) is -3.88. The zero-order chi connectivity index (χ0) is 35.2. The molecule has 4 N–H and O–H groups in total. The van der Waals surface area contributed by atoms with Gasteiger partial charge in [-0.25, -0.2) is 4.57 Å². The molecule has 1 fully saturated rings. The molecule has 2 amide bonds. The predicted octanol–water partition coefficient (Wildman–Crippen LogP) is 4.53. The highest BCUT2D eigenvalue weighted by Crippen LogP contribution is 2.49. The number of amides is 2. The number of ether oxygens (including phenoxy) is 1. The van der Waals surface area contributed by atoms with E-state index in [-0.39, 0.29) is 50.6 Å². The fraction of sp³-hybridized carbons (Fsp3) is 0.412. The number of hydrogen-bond acceptors (Lipinski definition) is 11. The van der Waals surface area contributed by atoms with Crippen molar-refractivity contribution < 1.29 is 37.4 Å². The number of benzene rings is 2. The lowest BCUT2D eigenvalue weighted by atomic mass is 9.84. The van der Waals surface area contributed by atoms with Crippen LogP contribution in [0.2, 0.25) is 0 Å². The third-order valence-corrected chi connectivity index (χ3v) is 10.2. The van der Waals surface area contributed by atoms with E-state index in [0.717, 1.165) is 16.0 Å². The molecule has 0 radical (unpaired) electrons. The molecule has 1 saturated heterocycles. The van der Waals surface area contributed by atoms with Crippen molar-refractivity contribution >= 4 is 42.8 Å². The summed E-state index contributed by atoms with van der Waals surface area (Å²) >= 11 is 1.27. The average Bonchev–Trinajstić information content (AvgIpc) is 3.80. The Balaban J connectivity index is 1.49. The summed E-state index contributed by atoms with van der Waals surface area (Å²) in [6, 6.07) is 21.2. The fourth-order valence-corrected chi connectivity index (χ4v) is 7.41. The Morgan fingerprint density at radius 3 is 2.18 bits per heavy atom. The van der Waals surface area contributed by atoms with Crippen LogP contribution in [0.15, 0.2) is 78.0 Å². The van der Waals surface area contributed by atoms with Gasteiger partial charge in [0.15, 0.2) is 5.84 Å². The van der Waals surface area contributed by atoms with Gasteiger partial charge in [0.2, 0.25) is 11.8 Å². The van der Waals surface area contributed by atoms with Crippen LogP contribution in [-0.2, 0) is 43.9 Å². The van der Waals surface area contributed by atoms with Crippen LogP contribution in [0.4, 0.5) is 0 Å². The van der Waals surface area contributed by atoms with Gasteiger partial charge in [-0.05, 0) is 56.9 Å². The van der Waals surface area contributed by atoms with Crippen LogP contribution in [0.5, 0.6) is 0 Å². The Hall–Kier alpha value is -4.07. The molecule has 2 heterocycles. The second kappa shape index (κ2) is 18.6. The van der Waals surface area contributed by atoms with E-state index in [9.17, 15) is 18.9 Å². The first-order valence-corrected chi connectivity index (χ1v) is 18.5. The number of phosphoric acid groups is 1. The van der Waals surface area contributed by atoms with Crippen LogP contribution in [0.3, 0.4) is 0 Å². The Kier molecular flexibility index (Phi) is 14.3. The summed E-state index contributed by atoms with van der Waals surface area (Å²) in [5, 5.41) is 9.87. The SMILES string of the molecule is CCOC(=O)CN[C@@H](C(=O)N1CCC[C@H]1C(=O)NCc1ccc(/C(N)=N/OP(=O)(OCC)OCC)s1)C(c1ccccc1)c1ccccc1. The largest absolute Gasteiger partial charge is 0.550 e. The summed E-state index contributed by atoms with van der Waals surface area (Å²) in [6.45, 7) is 5.87. The number of thiophene rings is 1. The van der Waals surface area contributed by atoms with Crippen molar-refractivity contribution in [2.45, 2.75) is 58.2 Å². The minimum Gasteiger partial charge on any atom is -0.465 e. The number of hydrogen-bond donors (Lipinski definition) is 3. The molecule has 4 rings (SSSR count). The second-order valence-corrected chi connectivity index (χ2v) is 13.7. The molecule has 1 aliphatic rings. The molecule has 1 aliphatic heterocycles. The van der Waals surface area contributed by atoms with Crippen molar-refractivity contribution in [2.24, 2.45) is 10.9 Å². The summed E-state index contributed by atoms with van der Waals surface area (Å²) < 4.78 is 32.8. The van der Waals surface area contributed by atoms with Crippen LogP contribution in [-0.4, -0.2) is 73.5 Å². The number of nitrogens with one attached hydrogen (secondary N) is 2. The third kappa shape index (κ3) is 10.5. The van der Waals surface area contributed by atoms with Crippen LogP contribution in [0.1, 0.15) is 60.4 Å². The lowest BCUT2D eigenvalue weighted by Crippen LogP contribution is -2.55. The first-order valence-electron chi connectivity index (χ1n) is 16.3. The summed E-state index contributed by atoms with van der Waals surface area (Å²) in [4.78, 5) is 43.4. The highest BCUT2D eigenvalue weighted by atomic mass is 32.1. The molecular weight excluding hydrogens is 669 g/mol. The van der Waals surface area contributed by atoms with Crippen molar-refractivity contribution in [3.05, 3.63) is 93.7 Å². The number of phosphoric ester groups is 1. The van der Waals surface area contributed by atoms with Gasteiger partial charge in [-0.2, -0.15) is 0 Å². The van der Waals surface area contributed by atoms with Crippen LogP contribution >= 0.6 is 19.2 Å². The molecule has 15 heteroatoms. The number of amidine groups is 1. The molecule has 13 nitrogen and oxygen atoms in total. The van der Waals surface area contributed by atoms with Crippen LogP contribution in [0, 0.1) is 0 Å². The lowest BCUT2D eigenvalue weighted by Gasteiger charge is -2.33. The molecule has 49 heavy (non-hydrogen) atoms. The van der Waals surface area contributed by atoms with E-state index in [1.165, 1.54) is 11.3 Å².